The summed E-state index contributed by atoms with van der Waals surface area (Å²) in [7, 11) is 2.85. The van der Waals surface area contributed by atoms with Crippen LogP contribution in [0.3, 0.4) is 0 Å². The molecule has 2 aliphatic rings. The zero-order valence-corrected chi connectivity index (χ0v) is 23.0. The van der Waals surface area contributed by atoms with Gasteiger partial charge < -0.3 is 39.4 Å². The summed E-state index contributed by atoms with van der Waals surface area (Å²) >= 11 is 2.00. The fourth-order valence-electron chi connectivity index (χ4n) is 4.47. The van der Waals surface area contributed by atoms with Gasteiger partial charge in [-0.3, -0.25) is 14.4 Å². The number of carbonyl (C=O) groups is 3. The van der Waals surface area contributed by atoms with E-state index in [1.165, 1.54) is 31.3 Å². The zero-order chi connectivity index (χ0) is 26.9. The number of nitrogens with one attached hydrogen (secondary N) is 1. The molecule has 0 spiro atoms. The molecule has 1 aliphatic heterocycles. The molecule has 1 fully saturated rings. The summed E-state index contributed by atoms with van der Waals surface area (Å²) in [6, 6.07) is 2.32. The lowest BCUT2D eigenvalue weighted by Crippen LogP contribution is -2.57. The van der Waals surface area contributed by atoms with Gasteiger partial charge in [-0.25, -0.2) is 0 Å². The summed E-state index contributed by atoms with van der Waals surface area (Å²) in [6.45, 7) is 0.448. The highest BCUT2D eigenvalue weighted by Gasteiger charge is 2.42. The van der Waals surface area contributed by atoms with Crippen LogP contribution in [0.15, 0.2) is 23.8 Å². The molecule has 1 aromatic carbocycles. The van der Waals surface area contributed by atoms with Crippen molar-refractivity contribution in [1.82, 2.24) is 10.2 Å². The molecule has 3 rings (SSSR count). The van der Waals surface area contributed by atoms with Crippen LogP contribution >= 0.6 is 22.6 Å². The summed E-state index contributed by atoms with van der Waals surface area (Å²) in [5.74, 6) is -0.206. The number of amides is 2. The maximum absolute atomic E-state index is 13.1. The first-order chi connectivity index (χ1) is 17.8. The van der Waals surface area contributed by atoms with Gasteiger partial charge in [-0.05, 0) is 53.6 Å². The number of halogens is 1. The summed E-state index contributed by atoms with van der Waals surface area (Å²) in [4.78, 5) is 38.8. The predicted octanol–water partition coefficient (Wildman–Crippen LogP) is 0.682. The van der Waals surface area contributed by atoms with Gasteiger partial charge in [0, 0.05) is 44.4 Å². The van der Waals surface area contributed by atoms with Gasteiger partial charge in [0.25, 0.3) is 0 Å². The van der Waals surface area contributed by atoms with Crippen LogP contribution in [0.1, 0.15) is 29.6 Å². The Morgan fingerprint density at radius 3 is 2.73 bits per heavy atom. The average molecular weight is 632 g/mol. The Bertz CT molecular complexity index is 997. The Hall–Kier alpha value is -2.26. The predicted molar refractivity (Wildman–Crippen MR) is 141 cm³/mol. The molecule has 0 radical (unpaired) electrons. The number of hydrogen-bond donors (Lipinski definition) is 3. The van der Waals surface area contributed by atoms with Crippen molar-refractivity contribution in [2.24, 2.45) is 0 Å². The second-order valence-electron chi connectivity index (χ2n) is 8.78. The minimum absolute atomic E-state index is 0.0516. The summed E-state index contributed by atoms with van der Waals surface area (Å²) in [5, 5.41) is 23.2. The molecule has 37 heavy (non-hydrogen) atoms. The number of benzene rings is 1. The fourth-order valence-corrected chi connectivity index (χ4v) is 5.23. The minimum Gasteiger partial charge on any atom is -0.493 e. The van der Waals surface area contributed by atoms with Gasteiger partial charge in [-0.15, -0.1) is 0 Å². The van der Waals surface area contributed by atoms with Gasteiger partial charge in [0.1, 0.15) is 25.1 Å². The van der Waals surface area contributed by atoms with E-state index in [9.17, 15) is 19.5 Å². The minimum atomic E-state index is -1.21. The molecular formula is C25H33IN2O9. The highest BCUT2D eigenvalue weighted by Crippen LogP contribution is 2.37. The van der Waals surface area contributed by atoms with E-state index in [4.69, 9.17) is 24.1 Å². The highest BCUT2D eigenvalue weighted by atomic mass is 127. The van der Waals surface area contributed by atoms with E-state index < -0.39 is 24.2 Å². The van der Waals surface area contributed by atoms with E-state index in [2.05, 4.69) is 5.32 Å². The molecule has 1 heterocycles. The summed E-state index contributed by atoms with van der Waals surface area (Å²) < 4.78 is 23.0. The van der Waals surface area contributed by atoms with Crippen LogP contribution in [0.25, 0.3) is 0 Å². The largest absolute Gasteiger partial charge is 0.493 e. The molecular weight excluding hydrogens is 599 g/mol. The molecule has 11 nitrogen and oxygen atoms in total. The lowest BCUT2D eigenvalue weighted by atomic mass is 9.88. The Morgan fingerprint density at radius 1 is 1.32 bits per heavy atom. The standard InChI is InChI=1S/C25H33IN2O9/c1-34-14-22(31)28(12-17-4-3-7-36-17)19-10-16(25(33)27-5-6-29)11-20(23(19)32)37-24-18(26)8-15(13-30)9-21(24)35-2/h8-9,11,13,17,19-20,23,29,32H,3-7,10,12,14H2,1-2H3,(H,27,33)/t17-,19-,20+,23+/m1/s1. The summed E-state index contributed by atoms with van der Waals surface area (Å²) in [5.41, 5.74) is 0.693. The Balaban J connectivity index is 1.98. The van der Waals surface area contributed by atoms with Gasteiger partial charge >= 0.3 is 0 Å². The first-order valence-electron chi connectivity index (χ1n) is 12.0. The molecule has 2 amide bonds. The van der Waals surface area contributed by atoms with Crippen LogP contribution in [0.4, 0.5) is 0 Å². The first-order valence-corrected chi connectivity index (χ1v) is 13.1. The first kappa shape index (κ1) is 29.3. The van der Waals surface area contributed by atoms with Gasteiger partial charge in [0.2, 0.25) is 11.8 Å². The quantitative estimate of drug-likeness (QED) is 0.224. The molecule has 204 valence electrons. The van der Waals surface area contributed by atoms with E-state index in [0.29, 0.717) is 33.3 Å². The number of rotatable bonds is 12. The third-order valence-corrected chi connectivity index (χ3v) is 7.07. The number of aliphatic hydroxyl groups excluding tert-OH is 2. The molecule has 0 unspecified atom stereocenters. The third kappa shape index (κ3) is 7.41. The number of aldehydes is 1. The van der Waals surface area contributed by atoms with E-state index in [0.717, 1.165) is 12.8 Å². The van der Waals surface area contributed by atoms with E-state index in [1.54, 1.807) is 6.07 Å². The molecule has 0 saturated carbocycles. The Labute approximate surface area is 229 Å². The lowest BCUT2D eigenvalue weighted by Gasteiger charge is -2.41. The SMILES string of the molecule is COCC(=O)N(C[C@H]1CCCO1)[C@@H]1CC(C(=O)NCCO)=C[C@H](Oc2c(I)cc(C=O)cc2OC)[C@H]1O. The van der Waals surface area contributed by atoms with Crippen molar-refractivity contribution >= 4 is 40.7 Å². The van der Waals surface area contributed by atoms with Crippen molar-refractivity contribution in [3.63, 3.8) is 0 Å². The van der Waals surface area contributed by atoms with Crippen LogP contribution in [0.5, 0.6) is 11.5 Å². The van der Waals surface area contributed by atoms with Crippen molar-refractivity contribution in [2.75, 3.05) is 47.1 Å². The van der Waals surface area contributed by atoms with Crippen LogP contribution in [0.2, 0.25) is 0 Å². The van der Waals surface area contributed by atoms with Crippen LogP contribution in [-0.4, -0.2) is 105 Å². The normalized spacial score (nSPS) is 23.2. The molecule has 1 aromatic rings. The molecule has 12 heteroatoms. The molecule has 3 N–H and O–H groups in total. The maximum atomic E-state index is 13.1. The van der Waals surface area contributed by atoms with Gasteiger partial charge in [0.05, 0.1) is 29.4 Å². The van der Waals surface area contributed by atoms with Crippen LogP contribution in [-0.2, 0) is 19.1 Å². The van der Waals surface area contributed by atoms with Gasteiger partial charge in [-0.2, -0.15) is 0 Å². The molecule has 0 bridgehead atoms. The second-order valence-corrected chi connectivity index (χ2v) is 9.94. The number of nitrogens with zero attached hydrogens (tertiary/aromatic N) is 1. The maximum Gasteiger partial charge on any atom is 0.248 e. The van der Waals surface area contributed by atoms with E-state index in [-0.39, 0.29) is 50.5 Å². The number of hydrogen-bond acceptors (Lipinski definition) is 9. The van der Waals surface area contributed by atoms with Crippen molar-refractivity contribution in [1.29, 1.82) is 0 Å². The smallest absolute Gasteiger partial charge is 0.248 e. The van der Waals surface area contributed by atoms with Crippen molar-refractivity contribution < 1.29 is 43.5 Å². The van der Waals surface area contributed by atoms with E-state index >= 15 is 0 Å². The Morgan fingerprint density at radius 2 is 2.11 bits per heavy atom. The topological polar surface area (TPSA) is 144 Å². The second kappa shape index (κ2) is 14.0. The zero-order valence-electron chi connectivity index (χ0n) is 20.9. The van der Waals surface area contributed by atoms with Gasteiger partial charge in [-0.1, -0.05) is 0 Å². The van der Waals surface area contributed by atoms with Crippen molar-refractivity contribution in [3.05, 3.63) is 32.9 Å². The van der Waals surface area contributed by atoms with E-state index in [1.807, 2.05) is 22.6 Å². The lowest BCUT2D eigenvalue weighted by molar-refractivity contribution is -0.144. The third-order valence-electron chi connectivity index (χ3n) is 6.27. The fraction of sp³-hybridized carbons (Fsp3) is 0.560. The highest BCUT2D eigenvalue weighted by molar-refractivity contribution is 14.1. The van der Waals surface area contributed by atoms with Gasteiger partial charge in [0.15, 0.2) is 11.5 Å². The molecule has 0 aromatic heterocycles. The molecule has 1 aliphatic carbocycles. The monoisotopic (exact) mass is 632 g/mol. The Kier molecular flexibility index (Phi) is 11.1. The summed E-state index contributed by atoms with van der Waals surface area (Å²) in [6.07, 6.45) is 1.50. The van der Waals surface area contributed by atoms with Crippen molar-refractivity contribution in [2.45, 2.75) is 43.6 Å². The number of aliphatic hydroxyl groups is 2. The van der Waals surface area contributed by atoms with Crippen LogP contribution < -0.4 is 14.8 Å². The van der Waals surface area contributed by atoms with Crippen LogP contribution in [0, 0.1) is 3.57 Å². The molecule has 1 saturated heterocycles. The number of methoxy groups -OCH3 is 2. The number of carbonyl (C=O) groups excluding carboxylic acids is 3. The number of ether oxygens (including phenoxy) is 4. The average Bonchev–Trinajstić information content (AvgIpc) is 3.41. The molecule has 4 atom stereocenters. The van der Waals surface area contributed by atoms with Crippen molar-refractivity contribution in [3.8, 4) is 11.5 Å².